The molecule has 26 heavy (non-hydrogen) atoms. The lowest BCUT2D eigenvalue weighted by molar-refractivity contribution is 0.307. The minimum absolute atomic E-state index is 0.0146. The van der Waals surface area contributed by atoms with Crippen molar-refractivity contribution in [3.63, 3.8) is 0 Å². The zero-order chi connectivity index (χ0) is 18.9. The van der Waals surface area contributed by atoms with Crippen molar-refractivity contribution in [2.45, 2.75) is 6.54 Å². The molecule has 0 amide bonds. The molecule has 0 atom stereocenters. The Kier molecular flexibility index (Phi) is 6.92. The van der Waals surface area contributed by atoms with Gasteiger partial charge in [-0.05, 0) is 6.07 Å². The van der Waals surface area contributed by atoms with Crippen LogP contribution in [0.5, 0.6) is 0 Å². The Morgan fingerprint density at radius 3 is 2.81 bits per heavy atom. The molecule has 0 aliphatic heterocycles. The van der Waals surface area contributed by atoms with Gasteiger partial charge in [-0.1, -0.05) is 12.1 Å². The van der Waals surface area contributed by atoms with Crippen LogP contribution in [0.3, 0.4) is 0 Å². The summed E-state index contributed by atoms with van der Waals surface area (Å²) in [7, 11) is 0. The number of benzene rings is 1. The van der Waals surface area contributed by atoms with E-state index in [-0.39, 0.29) is 37.0 Å². The molecule has 10 heteroatoms. The summed E-state index contributed by atoms with van der Waals surface area (Å²) < 4.78 is 40.7. The molecule has 0 unspecified atom stereocenters. The minimum atomic E-state index is -1.01. The molecule has 1 aromatic heterocycles. The number of hydrogen-bond donors (Lipinski definition) is 4. The Hall–Kier alpha value is -3.14. The van der Waals surface area contributed by atoms with E-state index in [4.69, 9.17) is 10.8 Å². The number of nitrogens with two attached hydrogens (primary N) is 1. The predicted octanol–water partition coefficient (Wildman–Crippen LogP) is 1.78. The Morgan fingerprint density at radius 1 is 1.27 bits per heavy atom. The minimum Gasteiger partial charge on any atom is -0.403 e. The van der Waals surface area contributed by atoms with Crippen molar-refractivity contribution >= 4 is 18.0 Å². The van der Waals surface area contributed by atoms with Crippen LogP contribution < -0.4 is 16.4 Å². The van der Waals surface area contributed by atoms with Crippen LogP contribution in [-0.2, 0) is 6.54 Å². The van der Waals surface area contributed by atoms with Crippen molar-refractivity contribution in [1.29, 1.82) is 0 Å². The molecule has 138 valence electrons. The van der Waals surface area contributed by atoms with Gasteiger partial charge in [0.15, 0.2) is 23.3 Å². The first kappa shape index (κ1) is 19.2. The van der Waals surface area contributed by atoms with E-state index < -0.39 is 17.5 Å². The van der Waals surface area contributed by atoms with E-state index >= 15 is 0 Å². The van der Waals surface area contributed by atoms with Crippen molar-refractivity contribution in [3.8, 4) is 0 Å². The van der Waals surface area contributed by atoms with E-state index in [0.717, 1.165) is 12.3 Å². The topological polar surface area (TPSA) is 108 Å². The molecule has 1 aromatic carbocycles. The van der Waals surface area contributed by atoms with Gasteiger partial charge in [0.25, 0.3) is 0 Å². The SMILES string of the molecule is N/C=C(\C=NCCO)Nc1ncc(F)c(NCc2cccc(F)c2F)n1. The molecular formula is C16H17F3N6O. The highest BCUT2D eigenvalue weighted by Gasteiger charge is 2.11. The Balaban J connectivity index is 2.10. The van der Waals surface area contributed by atoms with Gasteiger partial charge in [0.2, 0.25) is 5.95 Å². The van der Waals surface area contributed by atoms with Crippen LogP contribution in [-0.4, -0.2) is 34.4 Å². The summed E-state index contributed by atoms with van der Waals surface area (Å²) >= 11 is 0. The summed E-state index contributed by atoms with van der Waals surface area (Å²) in [4.78, 5) is 11.6. The number of aliphatic imine (C=N–C) groups is 1. The number of aliphatic hydroxyl groups excluding tert-OH is 1. The van der Waals surface area contributed by atoms with Gasteiger partial charge in [0.05, 0.1) is 25.0 Å². The molecule has 0 saturated heterocycles. The number of aliphatic hydroxyl groups is 1. The highest BCUT2D eigenvalue weighted by atomic mass is 19.2. The third-order valence-corrected chi connectivity index (χ3v) is 3.12. The lowest BCUT2D eigenvalue weighted by atomic mass is 10.2. The number of allylic oxidation sites excluding steroid dienone is 1. The summed E-state index contributed by atoms with van der Waals surface area (Å²) in [6, 6.07) is 3.71. The maximum atomic E-state index is 13.8. The third-order valence-electron chi connectivity index (χ3n) is 3.12. The molecule has 1 heterocycles. The largest absolute Gasteiger partial charge is 0.403 e. The number of nitrogens with zero attached hydrogens (tertiary/aromatic N) is 3. The molecule has 2 rings (SSSR count). The molecule has 0 radical (unpaired) electrons. The van der Waals surface area contributed by atoms with E-state index in [1.54, 1.807) is 0 Å². The molecule has 0 bridgehead atoms. The molecule has 2 aromatic rings. The van der Waals surface area contributed by atoms with E-state index in [9.17, 15) is 13.2 Å². The monoisotopic (exact) mass is 366 g/mol. The van der Waals surface area contributed by atoms with Gasteiger partial charge in [-0.2, -0.15) is 4.98 Å². The average molecular weight is 366 g/mol. The number of aromatic nitrogens is 2. The zero-order valence-electron chi connectivity index (χ0n) is 13.6. The van der Waals surface area contributed by atoms with Crippen molar-refractivity contribution in [2.24, 2.45) is 10.7 Å². The fourth-order valence-corrected chi connectivity index (χ4v) is 1.88. The van der Waals surface area contributed by atoms with Crippen LogP contribution >= 0.6 is 0 Å². The van der Waals surface area contributed by atoms with Gasteiger partial charge in [-0.3, -0.25) is 4.99 Å². The number of rotatable bonds is 8. The highest BCUT2D eigenvalue weighted by molar-refractivity contribution is 5.82. The second kappa shape index (κ2) is 9.37. The van der Waals surface area contributed by atoms with Gasteiger partial charge >= 0.3 is 0 Å². The molecule has 0 aliphatic rings. The van der Waals surface area contributed by atoms with Gasteiger partial charge in [0, 0.05) is 24.5 Å². The lowest BCUT2D eigenvalue weighted by Gasteiger charge is -2.10. The first-order valence-electron chi connectivity index (χ1n) is 7.54. The molecule has 0 fully saturated rings. The predicted molar refractivity (Wildman–Crippen MR) is 92.0 cm³/mol. The van der Waals surface area contributed by atoms with Gasteiger partial charge in [0.1, 0.15) is 0 Å². The Labute approximate surface area is 147 Å². The van der Waals surface area contributed by atoms with Gasteiger partial charge < -0.3 is 21.5 Å². The molecule has 0 aliphatic carbocycles. The van der Waals surface area contributed by atoms with E-state index in [0.29, 0.717) is 5.70 Å². The fraction of sp³-hybridized carbons (Fsp3) is 0.188. The van der Waals surface area contributed by atoms with E-state index in [2.05, 4.69) is 25.6 Å². The van der Waals surface area contributed by atoms with Crippen molar-refractivity contribution < 1.29 is 18.3 Å². The molecule has 7 nitrogen and oxygen atoms in total. The summed E-state index contributed by atoms with van der Waals surface area (Å²) in [6.07, 6.45) is 3.47. The normalized spacial score (nSPS) is 11.8. The summed E-state index contributed by atoms with van der Waals surface area (Å²) in [5, 5.41) is 14.0. The summed E-state index contributed by atoms with van der Waals surface area (Å²) in [6.45, 7) is -0.101. The van der Waals surface area contributed by atoms with Gasteiger partial charge in [-0.25, -0.2) is 18.2 Å². The quantitative estimate of drug-likeness (QED) is 0.531. The van der Waals surface area contributed by atoms with Crippen LogP contribution in [0.2, 0.25) is 0 Å². The van der Waals surface area contributed by atoms with Crippen molar-refractivity contribution in [2.75, 3.05) is 23.8 Å². The molecule has 0 spiro atoms. The van der Waals surface area contributed by atoms with E-state index in [1.165, 1.54) is 24.5 Å². The van der Waals surface area contributed by atoms with Crippen molar-refractivity contribution in [1.82, 2.24) is 9.97 Å². The number of halogens is 3. The van der Waals surface area contributed by atoms with Crippen LogP contribution in [0.4, 0.5) is 24.9 Å². The summed E-state index contributed by atoms with van der Waals surface area (Å²) in [5.41, 5.74) is 5.79. The fourth-order valence-electron chi connectivity index (χ4n) is 1.88. The number of nitrogens with one attached hydrogen (secondary N) is 2. The van der Waals surface area contributed by atoms with Crippen LogP contribution in [0, 0.1) is 17.5 Å². The van der Waals surface area contributed by atoms with Crippen molar-refractivity contribution in [3.05, 3.63) is 59.3 Å². The number of hydrogen-bond acceptors (Lipinski definition) is 7. The lowest BCUT2D eigenvalue weighted by Crippen LogP contribution is -2.11. The van der Waals surface area contributed by atoms with Crippen LogP contribution in [0.15, 0.2) is 41.3 Å². The Bertz CT molecular complexity index is 813. The standard InChI is InChI=1S/C16H17F3N6O/c17-12-3-1-2-10(14(12)19)7-22-15-13(18)9-23-16(25-15)24-11(6-20)8-21-4-5-26/h1-3,6,8-9,26H,4-5,7,20H2,(H2,22,23,24,25)/b11-6+,21-8?. The molecular weight excluding hydrogens is 349 g/mol. The zero-order valence-corrected chi connectivity index (χ0v) is 13.6. The summed E-state index contributed by atoms with van der Waals surface area (Å²) in [5.74, 6) is -2.95. The maximum Gasteiger partial charge on any atom is 0.229 e. The van der Waals surface area contributed by atoms with Crippen LogP contribution in [0.1, 0.15) is 5.56 Å². The Morgan fingerprint density at radius 2 is 2.08 bits per heavy atom. The first-order chi connectivity index (χ1) is 12.5. The average Bonchev–Trinajstić information content (AvgIpc) is 2.64. The van der Waals surface area contributed by atoms with E-state index in [1.807, 2.05) is 0 Å². The maximum absolute atomic E-state index is 13.8. The van der Waals surface area contributed by atoms with Gasteiger partial charge in [-0.15, -0.1) is 0 Å². The first-order valence-corrected chi connectivity index (χ1v) is 7.54. The highest BCUT2D eigenvalue weighted by Crippen LogP contribution is 2.16. The smallest absolute Gasteiger partial charge is 0.229 e. The second-order valence-electron chi connectivity index (χ2n) is 4.96. The molecule has 0 saturated carbocycles. The third kappa shape index (κ3) is 5.18. The van der Waals surface area contributed by atoms with Crippen LogP contribution in [0.25, 0.3) is 0 Å². The second-order valence-corrected chi connectivity index (χ2v) is 4.96. The number of anilines is 2. The molecule has 5 N–H and O–H groups in total.